The van der Waals surface area contributed by atoms with E-state index in [2.05, 4.69) is 14.9 Å². The van der Waals surface area contributed by atoms with E-state index in [0.717, 1.165) is 39.0 Å². The molecule has 120 valence electrons. The van der Waals surface area contributed by atoms with E-state index < -0.39 is 0 Å². The molecule has 1 aromatic heterocycles. The maximum absolute atomic E-state index is 12.5. The quantitative estimate of drug-likeness (QED) is 0.813. The monoisotopic (exact) mass is 306 g/mol. The van der Waals surface area contributed by atoms with Crippen molar-refractivity contribution in [2.45, 2.75) is 12.8 Å². The van der Waals surface area contributed by atoms with E-state index in [4.69, 9.17) is 9.47 Å². The molecule has 2 aliphatic heterocycles. The lowest BCUT2D eigenvalue weighted by Crippen LogP contribution is -2.47. The summed E-state index contributed by atoms with van der Waals surface area (Å²) in [4.78, 5) is 25.2. The summed E-state index contributed by atoms with van der Waals surface area (Å²) >= 11 is 0. The minimum absolute atomic E-state index is 0.118. The number of anilines is 1. The van der Waals surface area contributed by atoms with Crippen molar-refractivity contribution in [3.05, 3.63) is 12.4 Å². The Labute approximate surface area is 130 Å². The SMILES string of the molecule is COc1cnc(N2CCC(C(=O)N3CCOCC3)CC2)nc1. The number of hydrogen-bond donors (Lipinski definition) is 0. The number of piperidine rings is 1. The second-order valence-electron chi connectivity index (χ2n) is 5.62. The predicted octanol–water partition coefficient (Wildman–Crippen LogP) is 0.560. The number of carbonyl (C=O) groups excluding carboxylic acids is 1. The van der Waals surface area contributed by atoms with E-state index >= 15 is 0 Å². The highest BCUT2D eigenvalue weighted by Crippen LogP contribution is 2.23. The Hall–Kier alpha value is -1.89. The molecular formula is C15H22N4O3. The zero-order valence-corrected chi connectivity index (χ0v) is 12.9. The smallest absolute Gasteiger partial charge is 0.225 e. The Bertz CT molecular complexity index is 494. The number of hydrogen-bond acceptors (Lipinski definition) is 6. The Morgan fingerprint density at radius 1 is 1.18 bits per heavy atom. The van der Waals surface area contributed by atoms with Crippen LogP contribution in [0.15, 0.2) is 12.4 Å². The third kappa shape index (κ3) is 3.30. The van der Waals surface area contributed by atoms with Gasteiger partial charge < -0.3 is 19.3 Å². The summed E-state index contributed by atoms with van der Waals surface area (Å²) in [6.07, 6.45) is 5.05. The number of aromatic nitrogens is 2. The molecule has 3 rings (SSSR count). The first kappa shape index (κ1) is 15.0. The number of rotatable bonds is 3. The van der Waals surface area contributed by atoms with Gasteiger partial charge in [-0.1, -0.05) is 0 Å². The summed E-state index contributed by atoms with van der Waals surface area (Å²) in [6, 6.07) is 0. The Balaban J connectivity index is 1.54. The fourth-order valence-corrected chi connectivity index (χ4v) is 2.95. The van der Waals surface area contributed by atoms with Crippen molar-refractivity contribution < 1.29 is 14.3 Å². The minimum atomic E-state index is 0.118. The highest BCUT2D eigenvalue weighted by atomic mass is 16.5. The van der Waals surface area contributed by atoms with E-state index in [9.17, 15) is 4.79 Å². The molecule has 0 atom stereocenters. The topological polar surface area (TPSA) is 67.8 Å². The van der Waals surface area contributed by atoms with Gasteiger partial charge in [0, 0.05) is 32.1 Å². The molecule has 2 aliphatic rings. The van der Waals surface area contributed by atoms with Crippen LogP contribution in [0, 0.1) is 5.92 Å². The maximum atomic E-state index is 12.5. The molecule has 0 spiro atoms. The second-order valence-corrected chi connectivity index (χ2v) is 5.62. The molecule has 0 aromatic carbocycles. The van der Waals surface area contributed by atoms with Gasteiger partial charge in [0.1, 0.15) is 0 Å². The van der Waals surface area contributed by atoms with Crippen LogP contribution >= 0.6 is 0 Å². The van der Waals surface area contributed by atoms with Crippen molar-refractivity contribution >= 4 is 11.9 Å². The molecule has 1 aromatic rings. The van der Waals surface area contributed by atoms with Gasteiger partial charge in [-0.15, -0.1) is 0 Å². The average Bonchev–Trinajstić information content (AvgIpc) is 2.62. The number of nitrogens with zero attached hydrogens (tertiary/aromatic N) is 4. The summed E-state index contributed by atoms with van der Waals surface area (Å²) in [5.41, 5.74) is 0. The van der Waals surface area contributed by atoms with Crippen molar-refractivity contribution in [3.8, 4) is 5.75 Å². The number of ether oxygens (including phenoxy) is 2. The normalized spacial score (nSPS) is 20.0. The summed E-state index contributed by atoms with van der Waals surface area (Å²) < 4.78 is 10.4. The van der Waals surface area contributed by atoms with Crippen LogP contribution in [0.2, 0.25) is 0 Å². The molecular weight excluding hydrogens is 284 g/mol. The molecule has 2 saturated heterocycles. The lowest BCUT2D eigenvalue weighted by atomic mass is 9.95. The van der Waals surface area contributed by atoms with Crippen LogP contribution in [0.3, 0.4) is 0 Å². The Kier molecular flexibility index (Phi) is 4.72. The van der Waals surface area contributed by atoms with Gasteiger partial charge in [0.15, 0.2) is 5.75 Å². The summed E-state index contributed by atoms with van der Waals surface area (Å²) in [6.45, 7) is 4.38. The van der Waals surface area contributed by atoms with Gasteiger partial charge >= 0.3 is 0 Å². The van der Waals surface area contributed by atoms with Gasteiger partial charge in [0.2, 0.25) is 11.9 Å². The molecule has 1 amide bonds. The van der Waals surface area contributed by atoms with Gasteiger partial charge in [-0.2, -0.15) is 0 Å². The number of amides is 1. The highest BCUT2D eigenvalue weighted by molar-refractivity contribution is 5.79. The van der Waals surface area contributed by atoms with Crippen LogP contribution in [-0.4, -0.2) is 67.3 Å². The van der Waals surface area contributed by atoms with Crippen LogP contribution in [-0.2, 0) is 9.53 Å². The molecule has 0 bridgehead atoms. The molecule has 0 N–H and O–H groups in total. The standard InChI is InChI=1S/C15H22N4O3/c1-21-13-10-16-15(17-11-13)19-4-2-12(3-5-19)14(20)18-6-8-22-9-7-18/h10-12H,2-9H2,1H3. The van der Waals surface area contributed by atoms with Crippen molar-refractivity contribution in [2.24, 2.45) is 5.92 Å². The van der Waals surface area contributed by atoms with E-state index in [0.29, 0.717) is 24.9 Å². The van der Waals surface area contributed by atoms with Crippen LogP contribution in [0.4, 0.5) is 5.95 Å². The van der Waals surface area contributed by atoms with Gasteiger partial charge in [0.25, 0.3) is 0 Å². The van der Waals surface area contributed by atoms with E-state index in [1.165, 1.54) is 0 Å². The largest absolute Gasteiger partial charge is 0.494 e. The molecule has 7 nitrogen and oxygen atoms in total. The van der Waals surface area contributed by atoms with Gasteiger partial charge in [-0.3, -0.25) is 4.79 Å². The van der Waals surface area contributed by atoms with Crippen molar-refractivity contribution in [1.82, 2.24) is 14.9 Å². The average molecular weight is 306 g/mol. The van der Waals surface area contributed by atoms with Gasteiger partial charge in [-0.25, -0.2) is 9.97 Å². The lowest BCUT2D eigenvalue weighted by molar-refractivity contribution is -0.140. The molecule has 2 fully saturated rings. The first-order valence-corrected chi connectivity index (χ1v) is 7.75. The van der Waals surface area contributed by atoms with Gasteiger partial charge in [0.05, 0.1) is 32.7 Å². The minimum Gasteiger partial charge on any atom is -0.494 e. The van der Waals surface area contributed by atoms with E-state index in [1.807, 2.05) is 4.90 Å². The number of morpholine rings is 1. The molecule has 0 saturated carbocycles. The van der Waals surface area contributed by atoms with Crippen LogP contribution in [0.25, 0.3) is 0 Å². The third-order valence-electron chi connectivity index (χ3n) is 4.30. The lowest BCUT2D eigenvalue weighted by Gasteiger charge is -2.35. The van der Waals surface area contributed by atoms with Gasteiger partial charge in [-0.05, 0) is 12.8 Å². The Morgan fingerprint density at radius 2 is 1.82 bits per heavy atom. The summed E-state index contributed by atoms with van der Waals surface area (Å²) in [7, 11) is 1.60. The first-order valence-electron chi connectivity index (χ1n) is 7.75. The molecule has 0 aliphatic carbocycles. The Morgan fingerprint density at radius 3 is 2.41 bits per heavy atom. The maximum Gasteiger partial charge on any atom is 0.225 e. The number of methoxy groups -OCH3 is 1. The molecule has 22 heavy (non-hydrogen) atoms. The molecule has 7 heteroatoms. The first-order chi connectivity index (χ1) is 10.8. The summed E-state index contributed by atoms with van der Waals surface area (Å²) in [5, 5.41) is 0. The predicted molar refractivity (Wildman–Crippen MR) is 80.9 cm³/mol. The van der Waals surface area contributed by atoms with Crippen molar-refractivity contribution in [1.29, 1.82) is 0 Å². The third-order valence-corrected chi connectivity index (χ3v) is 4.30. The fourth-order valence-electron chi connectivity index (χ4n) is 2.95. The van der Waals surface area contributed by atoms with Crippen LogP contribution < -0.4 is 9.64 Å². The summed E-state index contributed by atoms with van der Waals surface area (Å²) in [5.74, 6) is 1.76. The zero-order valence-electron chi connectivity index (χ0n) is 12.9. The molecule has 3 heterocycles. The zero-order chi connectivity index (χ0) is 15.4. The molecule has 0 radical (unpaired) electrons. The van der Waals surface area contributed by atoms with Crippen LogP contribution in [0.5, 0.6) is 5.75 Å². The van der Waals surface area contributed by atoms with Crippen LogP contribution in [0.1, 0.15) is 12.8 Å². The van der Waals surface area contributed by atoms with Crippen molar-refractivity contribution in [3.63, 3.8) is 0 Å². The van der Waals surface area contributed by atoms with E-state index in [1.54, 1.807) is 19.5 Å². The fraction of sp³-hybridized carbons (Fsp3) is 0.667. The second kappa shape index (κ2) is 6.91. The number of carbonyl (C=O) groups is 1. The van der Waals surface area contributed by atoms with E-state index in [-0.39, 0.29) is 11.8 Å². The van der Waals surface area contributed by atoms with Crippen molar-refractivity contribution in [2.75, 3.05) is 51.4 Å². The highest BCUT2D eigenvalue weighted by Gasteiger charge is 2.30. The molecule has 0 unspecified atom stereocenters.